The number of piperidine rings is 1. The average Bonchev–Trinajstić information content (AvgIpc) is 3.41. The van der Waals surface area contributed by atoms with Gasteiger partial charge in [-0.2, -0.15) is 5.10 Å². The number of nitrogens with zero attached hydrogens (tertiary/aromatic N) is 5. The van der Waals surface area contributed by atoms with E-state index in [-0.39, 0.29) is 18.0 Å². The van der Waals surface area contributed by atoms with Crippen molar-refractivity contribution in [3.8, 4) is 0 Å². The van der Waals surface area contributed by atoms with Crippen LogP contribution in [0.15, 0.2) is 24.3 Å². The Hall–Kier alpha value is -2.42. The van der Waals surface area contributed by atoms with Crippen LogP contribution in [0.2, 0.25) is 5.15 Å². The second kappa shape index (κ2) is 8.98. The maximum absolute atomic E-state index is 14.0. The van der Waals surface area contributed by atoms with E-state index in [1.54, 1.807) is 21.6 Å². The fourth-order valence-corrected chi connectivity index (χ4v) is 6.15. The van der Waals surface area contributed by atoms with Crippen molar-refractivity contribution in [1.29, 1.82) is 0 Å². The topological polar surface area (TPSA) is 70.9 Å². The molecule has 5 rings (SSSR count). The van der Waals surface area contributed by atoms with Gasteiger partial charge in [0.05, 0.1) is 12.3 Å². The molecule has 0 unspecified atom stereocenters. The quantitative estimate of drug-likeness (QED) is 0.588. The van der Waals surface area contributed by atoms with Crippen LogP contribution in [0.4, 0.5) is 4.79 Å². The summed E-state index contributed by atoms with van der Waals surface area (Å²) in [4.78, 5) is 33.2. The fraction of sp³-hybridized carbons (Fsp3) is 0.560. The summed E-state index contributed by atoms with van der Waals surface area (Å²) in [5.74, 6) is -0.0401. The van der Waals surface area contributed by atoms with Gasteiger partial charge in [0.1, 0.15) is 10.7 Å². The molecule has 2 aliphatic heterocycles. The minimum atomic E-state index is -0.797. The summed E-state index contributed by atoms with van der Waals surface area (Å²) in [5, 5.41) is 5.07. The van der Waals surface area contributed by atoms with Gasteiger partial charge in [0.25, 0.3) is 5.91 Å². The van der Waals surface area contributed by atoms with Gasteiger partial charge in [0.15, 0.2) is 0 Å². The third kappa shape index (κ3) is 3.72. The monoisotopic (exact) mass is 485 g/mol. The minimum absolute atomic E-state index is 0.0401. The zero-order chi connectivity index (χ0) is 24.0. The summed E-state index contributed by atoms with van der Waals surface area (Å²) in [7, 11) is 3.47. The molecule has 1 spiro atoms. The highest BCUT2D eigenvalue weighted by molar-refractivity contribution is 6.30. The van der Waals surface area contributed by atoms with Crippen molar-refractivity contribution in [3.05, 3.63) is 51.8 Å². The molecule has 1 aliphatic carbocycles. The number of imide groups is 1. The molecule has 3 aliphatic rings. The second-order valence-electron chi connectivity index (χ2n) is 9.72. The number of likely N-dealkylation sites (tertiary alicyclic amines) is 1. The SMILES string of the molecule is COCCN1C(=O)N(C2Cc3ccccc3C2)C(=O)C12CCN(Cc1c(C)nn(C)c1Cl)CC2. The lowest BCUT2D eigenvalue weighted by Crippen LogP contribution is -2.57. The first-order valence-electron chi connectivity index (χ1n) is 12.0. The first-order chi connectivity index (χ1) is 16.4. The zero-order valence-corrected chi connectivity index (χ0v) is 20.8. The third-order valence-electron chi connectivity index (χ3n) is 7.82. The Balaban J connectivity index is 1.35. The number of urea groups is 1. The predicted molar refractivity (Wildman–Crippen MR) is 129 cm³/mol. The van der Waals surface area contributed by atoms with Crippen molar-refractivity contribution in [3.63, 3.8) is 0 Å². The Morgan fingerprint density at radius 1 is 1.15 bits per heavy atom. The third-order valence-corrected chi connectivity index (χ3v) is 8.29. The summed E-state index contributed by atoms with van der Waals surface area (Å²) < 4.78 is 7.00. The normalized spacial score (nSPS) is 20.7. The molecule has 0 atom stereocenters. The highest BCUT2D eigenvalue weighted by Crippen LogP contribution is 2.40. The first kappa shape index (κ1) is 23.3. The number of rotatable bonds is 6. The number of fused-ring (bicyclic) bond motifs is 1. The summed E-state index contributed by atoms with van der Waals surface area (Å²) in [6.07, 6.45) is 2.67. The molecule has 0 radical (unpaired) electrons. The van der Waals surface area contributed by atoms with E-state index >= 15 is 0 Å². The van der Waals surface area contributed by atoms with Crippen LogP contribution in [0.3, 0.4) is 0 Å². The number of aromatic nitrogens is 2. The lowest BCUT2D eigenvalue weighted by Gasteiger charge is -2.42. The lowest BCUT2D eigenvalue weighted by atomic mass is 9.85. The summed E-state index contributed by atoms with van der Waals surface area (Å²) >= 11 is 6.45. The van der Waals surface area contributed by atoms with Crippen LogP contribution in [-0.4, -0.2) is 81.4 Å². The van der Waals surface area contributed by atoms with E-state index in [0.29, 0.717) is 50.8 Å². The van der Waals surface area contributed by atoms with Gasteiger partial charge in [-0.1, -0.05) is 35.9 Å². The molecule has 0 bridgehead atoms. The molecule has 2 saturated heterocycles. The van der Waals surface area contributed by atoms with Crippen LogP contribution in [0.25, 0.3) is 0 Å². The molecule has 3 amide bonds. The van der Waals surface area contributed by atoms with Gasteiger partial charge in [-0.3, -0.25) is 19.3 Å². The number of amides is 3. The Labute approximate surface area is 205 Å². The lowest BCUT2D eigenvalue weighted by molar-refractivity contribution is -0.137. The van der Waals surface area contributed by atoms with Crippen molar-refractivity contribution in [1.82, 2.24) is 24.5 Å². The van der Waals surface area contributed by atoms with Crippen molar-refractivity contribution >= 4 is 23.5 Å². The molecule has 2 aromatic rings. The van der Waals surface area contributed by atoms with Crippen LogP contribution in [0, 0.1) is 6.92 Å². The molecule has 3 heterocycles. The second-order valence-corrected chi connectivity index (χ2v) is 10.1. The van der Waals surface area contributed by atoms with E-state index in [9.17, 15) is 9.59 Å². The highest BCUT2D eigenvalue weighted by atomic mass is 35.5. The van der Waals surface area contributed by atoms with E-state index in [0.717, 1.165) is 24.1 Å². The summed E-state index contributed by atoms with van der Waals surface area (Å²) in [5.41, 5.74) is 3.62. The first-order valence-corrected chi connectivity index (χ1v) is 12.3. The van der Waals surface area contributed by atoms with Gasteiger partial charge in [-0.05, 0) is 43.7 Å². The molecular formula is C25H32ClN5O3. The molecule has 0 N–H and O–H groups in total. The van der Waals surface area contributed by atoms with Crippen LogP contribution < -0.4 is 0 Å². The van der Waals surface area contributed by atoms with Gasteiger partial charge < -0.3 is 9.64 Å². The van der Waals surface area contributed by atoms with E-state index in [2.05, 4.69) is 22.1 Å². The number of hydrogen-bond acceptors (Lipinski definition) is 5. The van der Waals surface area contributed by atoms with Crippen molar-refractivity contribution in [2.75, 3.05) is 33.4 Å². The Morgan fingerprint density at radius 2 is 1.79 bits per heavy atom. The number of aryl methyl sites for hydroxylation is 2. The van der Waals surface area contributed by atoms with Crippen LogP contribution >= 0.6 is 11.6 Å². The molecule has 2 fully saturated rings. The van der Waals surface area contributed by atoms with E-state index in [1.807, 2.05) is 26.1 Å². The molecule has 34 heavy (non-hydrogen) atoms. The maximum Gasteiger partial charge on any atom is 0.328 e. The molecule has 9 heteroatoms. The average molecular weight is 486 g/mol. The Bertz CT molecular complexity index is 1080. The van der Waals surface area contributed by atoms with Gasteiger partial charge >= 0.3 is 6.03 Å². The minimum Gasteiger partial charge on any atom is -0.383 e. The molecule has 182 valence electrons. The molecule has 1 aromatic heterocycles. The van der Waals surface area contributed by atoms with Crippen molar-refractivity contribution in [2.45, 2.75) is 50.7 Å². The zero-order valence-electron chi connectivity index (χ0n) is 20.1. The fourth-order valence-electron chi connectivity index (χ4n) is 5.91. The maximum atomic E-state index is 14.0. The van der Waals surface area contributed by atoms with Crippen molar-refractivity contribution in [2.24, 2.45) is 7.05 Å². The number of ether oxygens (including phenoxy) is 1. The number of carbonyl (C=O) groups is 2. The summed E-state index contributed by atoms with van der Waals surface area (Å²) in [6.45, 7) is 4.92. The van der Waals surface area contributed by atoms with Gasteiger partial charge in [-0.15, -0.1) is 0 Å². The molecule has 8 nitrogen and oxygen atoms in total. The van der Waals surface area contributed by atoms with E-state index < -0.39 is 5.54 Å². The van der Waals surface area contributed by atoms with Gasteiger partial charge in [0, 0.05) is 51.9 Å². The van der Waals surface area contributed by atoms with Gasteiger partial charge in [-0.25, -0.2) is 4.79 Å². The van der Waals surface area contributed by atoms with Crippen LogP contribution in [-0.2, 0) is 36.0 Å². The number of methoxy groups -OCH3 is 1. The number of halogens is 1. The standard InChI is InChI=1S/C25H32ClN5O3/c1-17-21(22(26)28(2)27-17)16-29-10-8-25(9-11-29)23(32)31(24(33)30(25)12-13-34-3)20-14-18-6-4-5-7-19(18)15-20/h4-7,20H,8-16H2,1-3H3. The van der Waals surface area contributed by atoms with E-state index in [4.69, 9.17) is 16.3 Å². The largest absolute Gasteiger partial charge is 0.383 e. The summed E-state index contributed by atoms with van der Waals surface area (Å²) in [6, 6.07) is 7.96. The predicted octanol–water partition coefficient (Wildman–Crippen LogP) is 2.79. The number of benzene rings is 1. The molecule has 0 saturated carbocycles. The Morgan fingerprint density at radius 3 is 2.35 bits per heavy atom. The smallest absolute Gasteiger partial charge is 0.328 e. The van der Waals surface area contributed by atoms with Crippen LogP contribution in [0.5, 0.6) is 0 Å². The number of carbonyl (C=O) groups excluding carboxylic acids is 2. The molecule has 1 aromatic carbocycles. The molecular weight excluding hydrogens is 454 g/mol. The van der Waals surface area contributed by atoms with Crippen molar-refractivity contribution < 1.29 is 14.3 Å². The van der Waals surface area contributed by atoms with Crippen LogP contribution in [0.1, 0.15) is 35.2 Å². The highest BCUT2D eigenvalue weighted by Gasteiger charge is 2.59. The Kier molecular flexibility index (Phi) is 6.16. The van der Waals surface area contributed by atoms with E-state index in [1.165, 1.54) is 11.1 Å². The van der Waals surface area contributed by atoms with Gasteiger partial charge in [0.2, 0.25) is 0 Å². The number of hydrogen-bond donors (Lipinski definition) is 0.